The number of rotatable bonds is 3. The Labute approximate surface area is 108 Å². The maximum atomic E-state index is 4.59. The SMILES string of the molecule is CNCc1cc(N2CCN3CCC3C2)nc(C)n1. The van der Waals surface area contributed by atoms with E-state index in [0.717, 1.165) is 43.0 Å². The van der Waals surface area contributed by atoms with Crippen LogP contribution in [0.4, 0.5) is 5.82 Å². The summed E-state index contributed by atoms with van der Waals surface area (Å²) in [6.45, 7) is 7.45. The summed E-state index contributed by atoms with van der Waals surface area (Å²) in [7, 11) is 1.95. The molecule has 0 amide bonds. The minimum atomic E-state index is 0.752. The second kappa shape index (κ2) is 4.82. The molecule has 5 heteroatoms. The first-order valence-corrected chi connectivity index (χ1v) is 6.74. The van der Waals surface area contributed by atoms with Gasteiger partial charge in [0.05, 0.1) is 5.69 Å². The van der Waals surface area contributed by atoms with Crippen LogP contribution in [0.5, 0.6) is 0 Å². The Hall–Kier alpha value is -1.20. The molecule has 2 saturated heterocycles. The first-order valence-electron chi connectivity index (χ1n) is 6.74. The number of anilines is 1. The van der Waals surface area contributed by atoms with Crippen LogP contribution in [0.1, 0.15) is 17.9 Å². The molecule has 3 rings (SSSR count). The number of aromatic nitrogens is 2. The average Bonchev–Trinajstić information content (AvgIpc) is 2.30. The topological polar surface area (TPSA) is 44.3 Å². The van der Waals surface area contributed by atoms with Gasteiger partial charge in [-0.1, -0.05) is 0 Å². The Kier molecular flexibility index (Phi) is 3.18. The highest BCUT2D eigenvalue weighted by molar-refractivity contribution is 5.41. The molecule has 1 aromatic rings. The number of piperazine rings is 1. The lowest BCUT2D eigenvalue weighted by Crippen LogP contribution is -2.60. The highest BCUT2D eigenvalue weighted by Crippen LogP contribution is 2.25. The van der Waals surface area contributed by atoms with Crippen LogP contribution < -0.4 is 10.2 Å². The highest BCUT2D eigenvalue weighted by Gasteiger charge is 2.33. The van der Waals surface area contributed by atoms with Crippen molar-refractivity contribution in [2.75, 3.05) is 38.1 Å². The van der Waals surface area contributed by atoms with Gasteiger partial charge >= 0.3 is 0 Å². The third kappa shape index (κ3) is 2.20. The lowest BCUT2D eigenvalue weighted by molar-refractivity contribution is 0.0782. The molecule has 1 unspecified atom stereocenters. The zero-order chi connectivity index (χ0) is 12.5. The fraction of sp³-hybridized carbons (Fsp3) is 0.692. The van der Waals surface area contributed by atoms with Gasteiger partial charge in [-0.25, -0.2) is 9.97 Å². The van der Waals surface area contributed by atoms with Gasteiger partial charge in [-0.05, 0) is 20.4 Å². The molecule has 1 aromatic heterocycles. The van der Waals surface area contributed by atoms with Crippen molar-refractivity contribution >= 4 is 5.82 Å². The van der Waals surface area contributed by atoms with Crippen LogP contribution in [-0.4, -0.2) is 54.1 Å². The van der Waals surface area contributed by atoms with Crippen molar-refractivity contribution in [1.82, 2.24) is 20.2 Å². The monoisotopic (exact) mass is 247 g/mol. The lowest BCUT2D eigenvalue weighted by atomic mass is 10.00. The zero-order valence-electron chi connectivity index (χ0n) is 11.2. The van der Waals surface area contributed by atoms with E-state index in [1.165, 1.54) is 19.5 Å². The van der Waals surface area contributed by atoms with Crippen LogP contribution >= 0.6 is 0 Å². The van der Waals surface area contributed by atoms with Gasteiger partial charge in [0, 0.05) is 44.8 Å². The van der Waals surface area contributed by atoms with Crippen LogP contribution in [0, 0.1) is 6.92 Å². The summed E-state index contributed by atoms with van der Waals surface area (Å²) in [5.74, 6) is 1.97. The van der Waals surface area contributed by atoms with E-state index in [1.807, 2.05) is 14.0 Å². The number of hydrogen-bond donors (Lipinski definition) is 1. The van der Waals surface area contributed by atoms with Crippen molar-refractivity contribution < 1.29 is 0 Å². The Bertz CT molecular complexity index is 433. The smallest absolute Gasteiger partial charge is 0.132 e. The van der Waals surface area contributed by atoms with E-state index in [1.54, 1.807) is 0 Å². The third-order valence-corrected chi connectivity index (χ3v) is 3.91. The summed E-state index contributed by atoms with van der Waals surface area (Å²) in [6.07, 6.45) is 1.34. The molecule has 2 fully saturated rings. The Balaban J connectivity index is 1.78. The highest BCUT2D eigenvalue weighted by atomic mass is 15.3. The summed E-state index contributed by atoms with van der Waals surface area (Å²) in [5.41, 5.74) is 1.08. The van der Waals surface area contributed by atoms with Crippen molar-refractivity contribution in [1.29, 1.82) is 0 Å². The molecule has 0 bridgehead atoms. The van der Waals surface area contributed by atoms with Gasteiger partial charge in [-0.3, -0.25) is 4.90 Å². The molecule has 2 aliphatic rings. The van der Waals surface area contributed by atoms with Gasteiger partial charge in [0.1, 0.15) is 11.6 Å². The minimum Gasteiger partial charge on any atom is -0.354 e. The van der Waals surface area contributed by atoms with Crippen molar-refractivity contribution in [2.45, 2.75) is 25.9 Å². The molecule has 2 aliphatic heterocycles. The molecule has 0 aliphatic carbocycles. The van der Waals surface area contributed by atoms with Crippen LogP contribution in [0.3, 0.4) is 0 Å². The third-order valence-electron chi connectivity index (χ3n) is 3.91. The predicted molar refractivity (Wildman–Crippen MR) is 71.7 cm³/mol. The number of aryl methyl sites for hydroxylation is 1. The Morgan fingerprint density at radius 2 is 2.22 bits per heavy atom. The summed E-state index contributed by atoms with van der Waals surface area (Å²) in [6, 6.07) is 2.87. The maximum Gasteiger partial charge on any atom is 0.132 e. The second-order valence-electron chi connectivity index (χ2n) is 5.22. The first kappa shape index (κ1) is 11.9. The average molecular weight is 247 g/mol. The molecule has 18 heavy (non-hydrogen) atoms. The molecular weight excluding hydrogens is 226 g/mol. The van der Waals surface area contributed by atoms with E-state index in [9.17, 15) is 0 Å². The maximum absolute atomic E-state index is 4.59. The van der Waals surface area contributed by atoms with Gasteiger partial charge in [-0.2, -0.15) is 0 Å². The van der Waals surface area contributed by atoms with E-state index in [4.69, 9.17) is 0 Å². The van der Waals surface area contributed by atoms with E-state index >= 15 is 0 Å². The Morgan fingerprint density at radius 3 is 2.89 bits per heavy atom. The van der Waals surface area contributed by atoms with Crippen LogP contribution in [0.15, 0.2) is 6.07 Å². The van der Waals surface area contributed by atoms with Crippen molar-refractivity contribution in [2.24, 2.45) is 0 Å². The molecule has 0 aromatic carbocycles. The van der Waals surface area contributed by atoms with Crippen LogP contribution in [0.2, 0.25) is 0 Å². The van der Waals surface area contributed by atoms with E-state index in [2.05, 4.69) is 31.2 Å². The molecule has 5 nitrogen and oxygen atoms in total. The zero-order valence-corrected chi connectivity index (χ0v) is 11.2. The van der Waals surface area contributed by atoms with E-state index < -0.39 is 0 Å². The normalized spacial score (nSPS) is 23.7. The molecule has 1 N–H and O–H groups in total. The van der Waals surface area contributed by atoms with Crippen LogP contribution in [0.25, 0.3) is 0 Å². The number of fused-ring (bicyclic) bond motifs is 1. The fourth-order valence-corrected chi connectivity index (χ4v) is 2.84. The largest absolute Gasteiger partial charge is 0.354 e. The summed E-state index contributed by atoms with van der Waals surface area (Å²) < 4.78 is 0. The minimum absolute atomic E-state index is 0.752. The summed E-state index contributed by atoms with van der Waals surface area (Å²) in [5, 5.41) is 3.15. The summed E-state index contributed by atoms with van der Waals surface area (Å²) in [4.78, 5) is 14.0. The molecule has 1 atom stereocenters. The molecule has 98 valence electrons. The molecule has 0 spiro atoms. The number of nitrogens with zero attached hydrogens (tertiary/aromatic N) is 4. The molecular formula is C13H21N5. The molecule has 0 radical (unpaired) electrons. The van der Waals surface area contributed by atoms with Crippen LogP contribution in [-0.2, 0) is 6.54 Å². The number of nitrogens with one attached hydrogen (secondary N) is 1. The lowest BCUT2D eigenvalue weighted by Gasteiger charge is -2.48. The summed E-state index contributed by atoms with van der Waals surface area (Å²) >= 11 is 0. The number of hydrogen-bond acceptors (Lipinski definition) is 5. The standard InChI is InChI=1S/C13H21N5/c1-10-15-11(8-14-2)7-13(16-10)18-6-5-17-4-3-12(17)9-18/h7,12,14H,3-6,8-9H2,1-2H3. The predicted octanol–water partition coefficient (Wildman–Crippen LogP) is 0.399. The quantitative estimate of drug-likeness (QED) is 0.837. The molecule has 3 heterocycles. The fourth-order valence-electron chi connectivity index (χ4n) is 2.84. The van der Waals surface area contributed by atoms with Gasteiger partial charge in [0.25, 0.3) is 0 Å². The van der Waals surface area contributed by atoms with Crippen molar-refractivity contribution in [3.8, 4) is 0 Å². The van der Waals surface area contributed by atoms with Gasteiger partial charge in [-0.15, -0.1) is 0 Å². The van der Waals surface area contributed by atoms with Crippen molar-refractivity contribution in [3.05, 3.63) is 17.6 Å². The van der Waals surface area contributed by atoms with Gasteiger partial charge in [0.2, 0.25) is 0 Å². The second-order valence-corrected chi connectivity index (χ2v) is 5.22. The Morgan fingerprint density at radius 1 is 1.33 bits per heavy atom. The molecule has 0 saturated carbocycles. The van der Waals surface area contributed by atoms with Crippen molar-refractivity contribution in [3.63, 3.8) is 0 Å². The van der Waals surface area contributed by atoms with Gasteiger partial charge in [0.15, 0.2) is 0 Å². The van der Waals surface area contributed by atoms with E-state index in [0.29, 0.717) is 0 Å². The first-order chi connectivity index (χ1) is 8.76. The van der Waals surface area contributed by atoms with E-state index in [-0.39, 0.29) is 0 Å². The van der Waals surface area contributed by atoms with Gasteiger partial charge < -0.3 is 10.2 Å².